The smallest absolute Gasteiger partial charge is 0.143 e. The maximum atomic E-state index is 6.75. The van der Waals surface area contributed by atoms with Crippen molar-refractivity contribution in [3.05, 3.63) is 200 Å². The second kappa shape index (κ2) is 12.2. The molecule has 0 atom stereocenters. The van der Waals surface area contributed by atoms with E-state index in [0.29, 0.717) is 0 Å². The summed E-state index contributed by atoms with van der Waals surface area (Å²) in [4.78, 5) is 2.44. The summed E-state index contributed by atoms with van der Waals surface area (Å²) in [5.74, 6) is 0. The summed E-state index contributed by atoms with van der Waals surface area (Å²) in [7, 11) is 0. The molecule has 0 unspecified atom stereocenters. The van der Waals surface area contributed by atoms with Crippen LogP contribution in [0.4, 0.5) is 17.1 Å². The molecular weight excluding hydrogens is 655 g/mol. The third kappa shape index (κ3) is 4.81. The quantitative estimate of drug-likeness (QED) is 0.168. The van der Waals surface area contributed by atoms with Gasteiger partial charge in [0.25, 0.3) is 0 Å². The van der Waals surface area contributed by atoms with Gasteiger partial charge in [-0.2, -0.15) is 0 Å². The molecule has 0 saturated heterocycles. The first-order valence-corrected chi connectivity index (χ1v) is 18.5. The van der Waals surface area contributed by atoms with E-state index in [2.05, 4.69) is 205 Å². The predicted molar refractivity (Wildman–Crippen MR) is 229 cm³/mol. The highest BCUT2D eigenvalue weighted by atomic mass is 16.3. The van der Waals surface area contributed by atoms with E-state index in [-0.39, 0.29) is 0 Å². The molecule has 0 spiro atoms. The molecule has 10 aromatic carbocycles. The number of furan rings is 1. The molecule has 54 heavy (non-hydrogen) atoms. The Kier molecular flexibility index (Phi) is 6.90. The molecule has 0 radical (unpaired) electrons. The van der Waals surface area contributed by atoms with Crippen molar-refractivity contribution in [3.63, 3.8) is 0 Å². The number of benzene rings is 10. The van der Waals surface area contributed by atoms with Crippen molar-refractivity contribution in [1.29, 1.82) is 0 Å². The second-order valence-electron chi connectivity index (χ2n) is 14.1. The first-order valence-electron chi connectivity index (χ1n) is 18.5. The van der Waals surface area contributed by atoms with E-state index < -0.39 is 0 Å². The van der Waals surface area contributed by atoms with Gasteiger partial charge >= 0.3 is 0 Å². The Morgan fingerprint density at radius 3 is 1.76 bits per heavy atom. The molecule has 2 nitrogen and oxygen atoms in total. The minimum atomic E-state index is 0.866. The number of fused-ring (bicyclic) bond motifs is 9. The highest BCUT2D eigenvalue weighted by molar-refractivity contribution is 6.21. The molecular formula is C52H33NO. The molecule has 0 fully saturated rings. The molecule has 0 aliphatic carbocycles. The minimum absolute atomic E-state index is 0.866. The summed E-state index contributed by atoms with van der Waals surface area (Å²) in [6, 6.07) is 72.3. The first-order chi connectivity index (χ1) is 26.8. The zero-order valence-electron chi connectivity index (χ0n) is 29.4. The van der Waals surface area contributed by atoms with Crippen molar-refractivity contribution in [2.24, 2.45) is 0 Å². The van der Waals surface area contributed by atoms with E-state index in [9.17, 15) is 0 Å². The van der Waals surface area contributed by atoms with Gasteiger partial charge in [-0.15, -0.1) is 0 Å². The molecule has 2 heteroatoms. The molecule has 0 saturated carbocycles. The van der Waals surface area contributed by atoms with Crippen molar-refractivity contribution < 1.29 is 4.42 Å². The SMILES string of the molecule is c1ccc(-c2ccc(N(c3cc(-c4cc5ccccc5c5ccccc45)cc4ccccc34)c3cccc4oc5c6ccccc6ccc5c34)cc2)cc1. The summed E-state index contributed by atoms with van der Waals surface area (Å²) in [5.41, 5.74) is 9.79. The largest absolute Gasteiger partial charge is 0.455 e. The summed E-state index contributed by atoms with van der Waals surface area (Å²) < 4.78 is 6.75. The van der Waals surface area contributed by atoms with E-state index >= 15 is 0 Å². The summed E-state index contributed by atoms with van der Waals surface area (Å²) in [5, 5.41) is 11.8. The van der Waals surface area contributed by atoms with E-state index in [1.807, 2.05) is 0 Å². The number of hydrogen-bond acceptors (Lipinski definition) is 2. The highest BCUT2D eigenvalue weighted by Crippen LogP contribution is 2.48. The minimum Gasteiger partial charge on any atom is -0.455 e. The lowest BCUT2D eigenvalue weighted by Gasteiger charge is -2.28. The average Bonchev–Trinajstić information content (AvgIpc) is 3.64. The van der Waals surface area contributed by atoms with Gasteiger partial charge in [-0.1, -0.05) is 152 Å². The number of hydrogen-bond donors (Lipinski definition) is 0. The van der Waals surface area contributed by atoms with Gasteiger partial charge in [0.2, 0.25) is 0 Å². The molecule has 252 valence electrons. The monoisotopic (exact) mass is 687 g/mol. The molecule has 1 heterocycles. The Bertz CT molecular complexity index is 3210. The van der Waals surface area contributed by atoms with Crippen molar-refractivity contribution in [1.82, 2.24) is 0 Å². The van der Waals surface area contributed by atoms with Crippen LogP contribution in [0.25, 0.3) is 87.3 Å². The Morgan fingerprint density at radius 2 is 0.963 bits per heavy atom. The van der Waals surface area contributed by atoms with Crippen molar-refractivity contribution >= 4 is 82.1 Å². The van der Waals surface area contributed by atoms with Gasteiger partial charge < -0.3 is 9.32 Å². The van der Waals surface area contributed by atoms with Crippen LogP contribution in [0.5, 0.6) is 0 Å². The van der Waals surface area contributed by atoms with Crippen LogP contribution in [-0.2, 0) is 0 Å². The predicted octanol–water partition coefficient (Wildman–Crippen LogP) is 15.0. The zero-order chi connectivity index (χ0) is 35.6. The molecule has 11 aromatic rings. The lowest BCUT2D eigenvalue weighted by atomic mass is 9.91. The van der Waals surface area contributed by atoms with Crippen LogP contribution in [0.2, 0.25) is 0 Å². The third-order valence-electron chi connectivity index (χ3n) is 11.0. The first kappa shape index (κ1) is 30.5. The Labute approximate surface area is 312 Å². The van der Waals surface area contributed by atoms with E-state index in [1.54, 1.807) is 0 Å². The van der Waals surface area contributed by atoms with Crippen molar-refractivity contribution in [3.8, 4) is 22.3 Å². The van der Waals surface area contributed by atoms with Crippen LogP contribution in [0.3, 0.4) is 0 Å². The molecule has 0 N–H and O–H groups in total. The van der Waals surface area contributed by atoms with Gasteiger partial charge in [-0.3, -0.25) is 0 Å². The van der Waals surface area contributed by atoms with Gasteiger partial charge in [-0.05, 0) is 103 Å². The third-order valence-corrected chi connectivity index (χ3v) is 11.0. The molecule has 0 bridgehead atoms. The van der Waals surface area contributed by atoms with Crippen molar-refractivity contribution in [2.45, 2.75) is 0 Å². The molecule has 0 aliphatic rings. The van der Waals surface area contributed by atoms with Crippen LogP contribution >= 0.6 is 0 Å². The fourth-order valence-corrected chi connectivity index (χ4v) is 8.49. The second-order valence-corrected chi connectivity index (χ2v) is 14.1. The Morgan fingerprint density at radius 1 is 0.333 bits per heavy atom. The number of nitrogens with zero attached hydrogens (tertiary/aromatic N) is 1. The fourth-order valence-electron chi connectivity index (χ4n) is 8.49. The normalized spacial score (nSPS) is 11.7. The molecule has 0 amide bonds. The summed E-state index contributed by atoms with van der Waals surface area (Å²) in [6.07, 6.45) is 0. The lowest BCUT2D eigenvalue weighted by Crippen LogP contribution is -2.11. The van der Waals surface area contributed by atoms with Gasteiger partial charge in [0.05, 0.1) is 16.8 Å². The summed E-state index contributed by atoms with van der Waals surface area (Å²) >= 11 is 0. The maximum absolute atomic E-state index is 6.75. The van der Waals surface area contributed by atoms with Crippen LogP contribution in [0, 0.1) is 0 Å². The average molecular weight is 688 g/mol. The van der Waals surface area contributed by atoms with Gasteiger partial charge in [0, 0.05) is 21.8 Å². The molecule has 0 aliphatic heterocycles. The van der Waals surface area contributed by atoms with E-state index in [0.717, 1.165) is 44.4 Å². The van der Waals surface area contributed by atoms with Gasteiger partial charge in [-0.25, -0.2) is 0 Å². The van der Waals surface area contributed by atoms with E-state index in [1.165, 1.54) is 60.0 Å². The van der Waals surface area contributed by atoms with Gasteiger partial charge in [0.15, 0.2) is 0 Å². The Balaban J connectivity index is 1.22. The fraction of sp³-hybridized carbons (Fsp3) is 0. The standard InChI is InChI=1S/C52H33NO/c1-2-13-34(14-3-1)35-25-28-40(29-26-35)53(48-23-12-24-50-51(48)46-30-27-36-15-4-9-20-43(36)52(46)54-50)49-33-39(31-37-16-6-8-19-42(37)49)47-32-38-17-5-7-18-41(38)44-21-10-11-22-45(44)47/h1-33H. The van der Waals surface area contributed by atoms with Gasteiger partial charge in [0.1, 0.15) is 11.2 Å². The summed E-state index contributed by atoms with van der Waals surface area (Å²) in [6.45, 7) is 0. The molecule has 11 rings (SSSR count). The molecule has 1 aromatic heterocycles. The Hall–Kier alpha value is -7.16. The zero-order valence-corrected chi connectivity index (χ0v) is 29.4. The van der Waals surface area contributed by atoms with Crippen LogP contribution in [-0.4, -0.2) is 0 Å². The van der Waals surface area contributed by atoms with E-state index in [4.69, 9.17) is 4.42 Å². The van der Waals surface area contributed by atoms with Crippen LogP contribution < -0.4 is 4.90 Å². The number of rotatable bonds is 5. The topological polar surface area (TPSA) is 16.4 Å². The highest BCUT2D eigenvalue weighted by Gasteiger charge is 2.23. The maximum Gasteiger partial charge on any atom is 0.143 e. The van der Waals surface area contributed by atoms with Crippen LogP contribution in [0.1, 0.15) is 0 Å². The van der Waals surface area contributed by atoms with Crippen LogP contribution in [0.15, 0.2) is 205 Å². The number of anilines is 3. The van der Waals surface area contributed by atoms with Crippen molar-refractivity contribution in [2.75, 3.05) is 4.90 Å². The lowest BCUT2D eigenvalue weighted by molar-refractivity contribution is 0.672.